The molecule has 1 fully saturated rings. The van der Waals surface area contributed by atoms with Gasteiger partial charge in [-0.2, -0.15) is 0 Å². The van der Waals surface area contributed by atoms with Gasteiger partial charge in [0.1, 0.15) is 10.7 Å². The number of hydrogen-bond acceptors (Lipinski definition) is 6. The van der Waals surface area contributed by atoms with E-state index in [9.17, 15) is 14.4 Å². The average Bonchev–Trinajstić information content (AvgIpc) is 3.27. The van der Waals surface area contributed by atoms with Crippen LogP contribution in [-0.2, 0) is 16.1 Å². The molecule has 8 nitrogen and oxygen atoms in total. The SMILES string of the molecule is CCOC(=O)C1CCN(C(=O)c2csc(CN(C(=O)Nc3ccc(Cl)cc3)C(C)C)n2)CC1. The number of aromatic nitrogens is 1. The summed E-state index contributed by atoms with van der Waals surface area (Å²) in [5.41, 5.74) is 1.02. The quantitative estimate of drug-likeness (QED) is 0.568. The molecular weight excluding hydrogens is 464 g/mol. The van der Waals surface area contributed by atoms with Gasteiger partial charge in [-0.1, -0.05) is 11.6 Å². The van der Waals surface area contributed by atoms with E-state index in [0.717, 1.165) is 0 Å². The molecule has 3 amide bonds. The van der Waals surface area contributed by atoms with E-state index in [2.05, 4.69) is 10.3 Å². The molecule has 0 atom stereocenters. The van der Waals surface area contributed by atoms with Crippen molar-refractivity contribution >= 4 is 46.5 Å². The van der Waals surface area contributed by atoms with Gasteiger partial charge in [0, 0.05) is 35.2 Å². The number of hydrogen-bond donors (Lipinski definition) is 1. The molecule has 1 N–H and O–H groups in total. The predicted octanol–water partition coefficient (Wildman–Crippen LogP) is 4.65. The molecule has 10 heteroatoms. The molecule has 0 radical (unpaired) electrons. The summed E-state index contributed by atoms with van der Waals surface area (Å²) >= 11 is 7.26. The third kappa shape index (κ3) is 6.68. The number of piperidine rings is 1. The number of ether oxygens (including phenoxy) is 1. The number of nitrogens with one attached hydrogen (secondary N) is 1. The zero-order valence-electron chi connectivity index (χ0n) is 19.0. The largest absolute Gasteiger partial charge is 0.466 e. The Hall–Kier alpha value is -2.65. The number of carbonyl (C=O) groups excluding carboxylic acids is 3. The van der Waals surface area contributed by atoms with E-state index in [1.54, 1.807) is 46.4 Å². The Morgan fingerprint density at radius 1 is 1.24 bits per heavy atom. The summed E-state index contributed by atoms with van der Waals surface area (Å²) in [6.07, 6.45) is 1.18. The summed E-state index contributed by atoms with van der Waals surface area (Å²) in [5, 5.41) is 5.87. The van der Waals surface area contributed by atoms with Crippen LogP contribution in [0.2, 0.25) is 5.02 Å². The number of carbonyl (C=O) groups is 3. The molecule has 1 saturated heterocycles. The van der Waals surface area contributed by atoms with Gasteiger partial charge in [-0.05, 0) is 57.9 Å². The third-order valence-electron chi connectivity index (χ3n) is 5.46. The first-order valence-corrected chi connectivity index (χ1v) is 12.3. The van der Waals surface area contributed by atoms with Crippen LogP contribution in [0, 0.1) is 5.92 Å². The van der Waals surface area contributed by atoms with Crippen molar-refractivity contribution in [1.29, 1.82) is 0 Å². The second-order valence-corrected chi connectivity index (χ2v) is 9.48. The molecule has 33 heavy (non-hydrogen) atoms. The predicted molar refractivity (Wildman–Crippen MR) is 129 cm³/mol. The highest BCUT2D eigenvalue weighted by Crippen LogP contribution is 2.22. The molecule has 1 aliphatic rings. The Morgan fingerprint density at radius 2 is 1.91 bits per heavy atom. The molecule has 1 aromatic carbocycles. The fourth-order valence-electron chi connectivity index (χ4n) is 3.59. The van der Waals surface area contributed by atoms with Crippen molar-refractivity contribution in [2.24, 2.45) is 5.92 Å². The lowest BCUT2D eigenvalue weighted by Gasteiger charge is -2.30. The van der Waals surface area contributed by atoms with E-state index in [1.807, 2.05) is 13.8 Å². The summed E-state index contributed by atoms with van der Waals surface area (Å²) in [4.78, 5) is 45.5. The monoisotopic (exact) mass is 492 g/mol. The topological polar surface area (TPSA) is 91.8 Å². The first kappa shape index (κ1) is 25.0. The van der Waals surface area contributed by atoms with E-state index >= 15 is 0 Å². The molecule has 1 aliphatic heterocycles. The van der Waals surface area contributed by atoms with Crippen molar-refractivity contribution in [2.75, 3.05) is 25.0 Å². The number of halogens is 1. The Morgan fingerprint density at radius 3 is 2.52 bits per heavy atom. The van der Waals surface area contributed by atoms with Gasteiger partial charge in [-0.25, -0.2) is 9.78 Å². The molecule has 0 aliphatic carbocycles. The summed E-state index contributed by atoms with van der Waals surface area (Å²) in [5.74, 6) is -0.494. The number of urea groups is 1. The number of amides is 3. The van der Waals surface area contributed by atoms with Crippen LogP contribution in [0.1, 0.15) is 49.1 Å². The van der Waals surface area contributed by atoms with Gasteiger partial charge in [0.25, 0.3) is 5.91 Å². The molecule has 0 spiro atoms. The molecule has 0 saturated carbocycles. The lowest BCUT2D eigenvalue weighted by molar-refractivity contribution is -0.149. The highest BCUT2D eigenvalue weighted by Gasteiger charge is 2.29. The lowest BCUT2D eigenvalue weighted by Crippen LogP contribution is -2.41. The van der Waals surface area contributed by atoms with Gasteiger partial charge < -0.3 is 19.9 Å². The molecule has 2 heterocycles. The second kappa shape index (κ2) is 11.5. The van der Waals surface area contributed by atoms with Crippen LogP contribution in [0.4, 0.5) is 10.5 Å². The van der Waals surface area contributed by atoms with Gasteiger partial charge in [-0.15, -0.1) is 11.3 Å². The second-order valence-electron chi connectivity index (χ2n) is 8.10. The fraction of sp³-hybridized carbons (Fsp3) is 0.478. The van der Waals surface area contributed by atoms with E-state index in [1.165, 1.54) is 11.3 Å². The van der Waals surface area contributed by atoms with E-state index in [4.69, 9.17) is 16.3 Å². The van der Waals surface area contributed by atoms with Crippen LogP contribution >= 0.6 is 22.9 Å². The molecule has 2 aromatic rings. The van der Waals surface area contributed by atoms with Crippen molar-refractivity contribution in [2.45, 2.75) is 46.2 Å². The van der Waals surface area contributed by atoms with E-state index in [0.29, 0.717) is 60.5 Å². The normalized spacial score (nSPS) is 14.3. The standard InChI is InChI=1S/C23H29ClN4O4S/c1-4-32-22(30)16-9-11-27(12-10-16)21(29)19-14-33-20(26-19)13-28(15(2)3)23(31)25-18-7-5-17(24)6-8-18/h5-8,14-16H,4,9-13H2,1-3H3,(H,25,31). The van der Waals surface area contributed by atoms with E-state index < -0.39 is 0 Å². The Kier molecular flexibility index (Phi) is 8.68. The van der Waals surface area contributed by atoms with Crippen molar-refractivity contribution in [3.8, 4) is 0 Å². The number of anilines is 1. The number of benzene rings is 1. The summed E-state index contributed by atoms with van der Waals surface area (Å²) in [7, 11) is 0. The lowest BCUT2D eigenvalue weighted by atomic mass is 9.97. The maximum atomic E-state index is 12.9. The molecular formula is C23H29ClN4O4S. The van der Waals surface area contributed by atoms with Crippen molar-refractivity contribution in [1.82, 2.24) is 14.8 Å². The molecule has 0 unspecified atom stereocenters. The van der Waals surface area contributed by atoms with Crippen LogP contribution in [0.15, 0.2) is 29.6 Å². The van der Waals surface area contributed by atoms with Crippen molar-refractivity contribution in [3.63, 3.8) is 0 Å². The zero-order chi connectivity index (χ0) is 24.0. The highest BCUT2D eigenvalue weighted by molar-refractivity contribution is 7.09. The number of nitrogens with zero attached hydrogens (tertiary/aromatic N) is 3. The van der Waals surface area contributed by atoms with Gasteiger partial charge in [0.05, 0.1) is 19.1 Å². The Balaban J connectivity index is 1.59. The molecule has 3 rings (SSSR count). The maximum absolute atomic E-state index is 12.9. The minimum absolute atomic E-state index is 0.0674. The first-order valence-electron chi connectivity index (χ1n) is 11.0. The van der Waals surface area contributed by atoms with Crippen LogP contribution in [0.25, 0.3) is 0 Å². The third-order valence-corrected chi connectivity index (χ3v) is 6.54. The fourth-order valence-corrected chi connectivity index (χ4v) is 4.48. The molecule has 1 aromatic heterocycles. The van der Waals surface area contributed by atoms with E-state index in [-0.39, 0.29) is 29.9 Å². The van der Waals surface area contributed by atoms with Crippen LogP contribution in [-0.4, -0.2) is 58.4 Å². The maximum Gasteiger partial charge on any atom is 0.322 e. The first-order chi connectivity index (χ1) is 15.8. The Labute approximate surface area is 202 Å². The minimum Gasteiger partial charge on any atom is -0.466 e. The highest BCUT2D eigenvalue weighted by atomic mass is 35.5. The van der Waals surface area contributed by atoms with Crippen LogP contribution in [0.5, 0.6) is 0 Å². The van der Waals surface area contributed by atoms with Gasteiger partial charge >= 0.3 is 12.0 Å². The minimum atomic E-state index is -0.253. The molecule has 0 bridgehead atoms. The van der Waals surface area contributed by atoms with Crippen molar-refractivity contribution < 1.29 is 19.1 Å². The zero-order valence-corrected chi connectivity index (χ0v) is 20.6. The van der Waals surface area contributed by atoms with Crippen LogP contribution < -0.4 is 5.32 Å². The van der Waals surface area contributed by atoms with Gasteiger partial charge in [0.15, 0.2) is 0 Å². The van der Waals surface area contributed by atoms with Gasteiger partial charge in [0.2, 0.25) is 0 Å². The number of thiazole rings is 1. The summed E-state index contributed by atoms with van der Waals surface area (Å²) in [6, 6.07) is 6.59. The Bertz CT molecular complexity index is 971. The van der Waals surface area contributed by atoms with Crippen molar-refractivity contribution in [3.05, 3.63) is 45.4 Å². The smallest absolute Gasteiger partial charge is 0.322 e. The summed E-state index contributed by atoms with van der Waals surface area (Å²) in [6.45, 7) is 7.29. The average molecular weight is 493 g/mol. The van der Waals surface area contributed by atoms with Crippen LogP contribution in [0.3, 0.4) is 0 Å². The molecule has 178 valence electrons. The van der Waals surface area contributed by atoms with Gasteiger partial charge in [-0.3, -0.25) is 9.59 Å². The number of esters is 1. The number of likely N-dealkylation sites (tertiary alicyclic amines) is 1. The number of rotatable bonds is 7. The summed E-state index contributed by atoms with van der Waals surface area (Å²) < 4.78 is 5.09.